The number of fused-ring (bicyclic) bond motifs is 1. The molecule has 1 N–H and O–H groups in total. The monoisotopic (exact) mass is 338 g/mol. The molecule has 2 aromatic carbocycles. The lowest BCUT2D eigenvalue weighted by atomic mass is 10.1. The molecule has 0 saturated carbocycles. The highest BCUT2D eigenvalue weighted by atomic mass is 16.5. The van der Waals surface area contributed by atoms with Crippen molar-refractivity contribution in [1.82, 2.24) is 9.55 Å². The van der Waals surface area contributed by atoms with Crippen LogP contribution in [0.3, 0.4) is 0 Å². The van der Waals surface area contributed by atoms with E-state index in [1.165, 1.54) is 6.92 Å². The SMILES string of the molecule is CCc1nc2ccccc2n1C[C@@H](O)COc1ccccc1C(C)=O. The molecule has 1 aromatic heterocycles. The number of aliphatic hydroxyl groups excluding tert-OH is 1. The lowest BCUT2D eigenvalue weighted by molar-refractivity contribution is 0.0899. The topological polar surface area (TPSA) is 64.3 Å². The van der Waals surface area contributed by atoms with Gasteiger partial charge < -0.3 is 14.4 Å². The number of ether oxygens (including phenoxy) is 1. The van der Waals surface area contributed by atoms with Crippen LogP contribution < -0.4 is 4.74 Å². The first-order valence-corrected chi connectivity index (χ1v) is 8.45. The van der Waals surface area contributed by atoms with Crippen LogP contribution in [0.5, 0.6) is 5.75 Å². The van der Waals surface area contributed by atoms with Crippen LogP contribution in [0.15, 0.2) is 48.5 Å². The fraction of sp³-hybridized carbons (Fsp3) is 0.300. The lowest BCUT2D eigenvalue weighted by Crippen LogP contribution is -2.25. The number of aryl methyl sites for hydroxylation is 1. The second-order valence-electron chi connectivity index (χ2n) is 6.00. The minimum Gasteiger partial charge on any atom is -0.490 e. The zero-order valence-electron chi connectivity index (χ0n) is 14.5. The van der Waals surface area contributed by atoms with E-state index >= 15 is 0 Å². The molecule has 1 atom stereocenters. The van der Waals surface area contributed by atoms with Gasteiger partial charge >= 0.3 is 0 Å². The van der Waals surface area contributed by atoms with Crippen LogP contribution in [0.1, 0.15) is 30.0 Å². The van der Waals surface area contributed by atoms with Crippen molar-refractivity contribution < 1.29 is 14.6 Å². The third kappa shape index (κ3) is 3.72. The quantitative estimate of drug-likeness (QED) is 0.672. The van der Waals surface area contributed by atoms with Gasteiger partial charge in [-0.3, -0.25) is 4.79 Å². The van der Waals surface area contributed by atoms with Gasteiger partial charge in [0.25, 0.3) is 0 Å². The third-order valence-electron chi connectivity index (χ3n) is 4.14. The van der Waals surface area contributed by atoms with Crippen molar-refractivity contribution >= 4 is 16.8 Å². The number of rotatable bonds is 7. The van der Waals surface area contributed by atoms with Gasteiger partial charge in [-0.2, -0.15) is 0 Å². The Morgan fingerprint density at radius 2 is 1.92 bits per heavy atom. The van der Waals surface area contributed by atoms with Crippen LogP contribution in [0.25, 0.3) is 11.0 Å². The van der Waals surface area contributed by atoms with Crippen molar-refractivity contribution in [1.29, 1.82) is 0 Å². The summed E-state index contributed by atoms with van der Waals surface area (Å²) in [5.74, 6) is 1.38. The van der Waals surface area contributed by atoms with E-state index in [1.54, 1.807) is 18.2 Å². The van der Waals surface area contributed by atoms with Gasteiger partial charge in [-0.15, -0.1) is 0 Å². The van der Waals surface area contributed by atoms with Gasteiger partial charge in [0.1, 0.15) is 24.3 Å². The first-order valence-electron chi connectivity index (χ1n) is 8.45. The lowest BCUT2D eigenvalue weighted by Gasteiger charge is -2.16. The van der Waals surface area contributed by atoms with Crippen LogP contribution in [-0.2, 0) is 13.0 Å². The number of hydrogen-bond donors (Lipinski definition) is 1. The van der Waals surface area contributed by atoms with Gasteiger partial charge in [-0.1, -0.05) is 31.2 Å². The van der Waals surface area contributed by atoms with E-state index in [0.29, 0.717) is 17.9 Å². The molecule has 5 heteroatoms. The number of imidazole rings is 1. The molecule has 0 aliphatic heterocycles. The van der Waals surface area contributed by atoms with Crippen molar-refractivity contribution in [2.24, 2.45) is 0 Å². The average molecular weight is 338 g/mol. The predicted molar refractivity (Wildman–Crippen MR) is 97.1 cm³/mol. The minimum atomic E-state index is -0.706. The normalized spacial score (nSPS) is 12.3. The maximum atomic E-state index is 11.6. The first kappa shape index (κ1) is 17.2. The van der Waals surface area contributed by atoms with Gasteiger partial charge in [-0.25, -0.2) is 4.98 Å². The Morgan fingerprint density at radius 3 is 2.68 bits per heavy atom. The number of carbonyl (C=O) groups excluding carboxylic acids is 1. The van der Waals surface area contributed by atoms with E-state index in [-0.39, 0.29) is 12.4 Å². The van der Waals surface area contributed by atoms with Crippen molar-refractivity contribution in [2.45, 2.75) is 32.9 Å². The molecule has 0 fully saturated rings. The van der Waals surface area contributed by atoms with Gasteiger partial charge in [0.15, 0.2) is 5.78 Å². The van der Waals surface area contributed by atoms with Gasteiger partial charge in [0, 0.05) is 6.42 Å². The van der Waals surface area contributed by atoms with Crippen molar-refractivity contribution in [2.75, 3.05) is 6.61 Å². The van der Waals surface area contributed by atoms with Crippen molar-refractivity contribution in [3.8, 4) is 5.75 Å². The molecule has 25 heavy (non-hydrogen) atoms. The Labute approximate surface area is 146 Å². The average Bonchev–Trinajstić information content (AvgIpc) is 2.98. The predicted octanol–water partition coefficient (Wildman–Crippen LogP) is 3.24. The highest BCUT2D eigenvalue weighted by Gasteiger charge is 2.15. The van der Waals surface area contributed by atoms with Crippen molar-refractivity contribution in [3.05, 3.63) is 59.9 Å². The second-order valence-corrected chi connectivity index (χ2v) is 6.00. The molecular formula is C20H22N2O3. The molecule has 0 bridgehead atoms. The standard InChI is InChI=1S/C20H22N2O3/c1-3-20-21-17-9-5-6-10-18(17)22(20)12-15(24)13-25-19-11-7-4-8-16(19)14(2)23/h4-11,15,24H,3,12-13H2,1-2H3/t15-/m1/s1. The maximum absolute atomic E-state index is 11.6. The number of aromatic nitrogens is 2. The highest BCUT2D eigenvalue weighted by Crippen LogP contribution is 2.20. The zero-order valence-corrected chi connectivity index (χ0v) is 14.5. The molecule has 0 saturated heterocycles. The summed E-state index contributed by atoms with van der Waals surface area (Å²) in [4.78, 5) is 16.2. The Morgan fingerprint density at radius 1 is 1.20 bits per heavy atom. The highest BCUT2D eigenvalue weighted by molar-refractivity contribution is 5.96. The van der Waals surface area contributed by atoms with Crippen LogP contribution in [0.2, 0.25) is 0 Å². The molecular weight excluding hydrogens is 316 g/mol. The molecule has 0 aliphatic carbocycles. The summed E-state index contributed by atoms with van der Waals surface area (Å²) in [6, 6.07) is 15.0. The number of Topliss-reactive ketones (excluding diaryl/α,β-unsaturated/α-hetero) is 1. The number of carbonyl (C=O) groups is 1. The summed E-state index contributed by atoms with van der Waals surface area (Å²) in [6.45, 7) is 4.05. The van der Waals surface area contributed by atoms with E-state index in [2.05, 4.69) is 4.98 Å². The Kier molecular flexibility index (Phi) is 5.14. The third-order valence-corrected chi connectivity index (χ3v) is 4.14. The van der Waals surface area contributed by atoms with E-state index < -0.39 is 6.10 Å². The number of ketones is 1. The Balaban J connectivity index is 1.74. The molecule has 5 nitrogen and oxygen atoms in total. The number of para-hydroxylation sites is 3. The fourth-order valence-corrected chi connectivity index (χ4v) is 2.93. The Hall–Kier alpha value is -2.66. The number of benzene rings is 2. The fourth-order valence-electron chi connectivity index (χ4n) is 2.93. The summed E-state index contributed by atoms with van der Waals surface area (Å²) >= 11 is 0. The molecule has 1 heterocycles. The zero-order chi connectivity index (χ0) is 17.8. The summed E-state index contributed by atoms with van der Waals surface area (Å²) in [5.41, 5.74) is 2.45. The molecule has 0 spiro atoms. The van der Waals surface area contributed by atoms with Gasteiger partial charge in [0.2, 0.25) is 0 Å². The largest absolute Gasteiger partial charge is 0.490 e. The molecule has 130 valence electrons. The summed E-state index contributed by atoms with van der Waals surface area (Å²) in [5, 5.41) is 10.4. The smallest absolute Gasteiger partial charge is 0.163 e. The molecule has 0 unspecified atom stereocenters. The molecule has 0 amide bonds. The van der Waals surface area contributed by atoms with Gasteiger partial charge in [0.05, 0.1) is 23.1 Å². The van der Waals surface area contributed by atoms with Crippen LogP contribution in [0, 0.1) is 0 Å². The molecule has 0 aliphatic rings. The van der Waals surface area contributed by atoms with Crippen LogP contribution in [-0.4, -0.2) is 33.2 Å². The maximum Gasteiger partial charge on any atom is 0.163 e. The summed E-state index contributed by atoms with van der Waals surface area (Å²) < 4.78 is 7.72. The Bertz CT molecular complexity index is 886. The molecule has 3 rings (SSSR count). The van der Waals surface area contributed by atoms with Crippen molar-refractivity contribution in [3.63, 3.8) is 0 Å². The van der Waals surface area contributed by atoms with E-state index in [9.17, 15) is 9.90 Å². The number of aliphatic hydroxyl groups is 1. The number of hydrogen-bond acceptors (Lipinski definition) is 4. The van der Waals surface area contributed by atoms with E-state index in [4.69, 9.17) is 4.74 Å². The van der Waals surface area contributed by atoms with E-state index in [0.717, 1.165) is 23.3 Å². The molecule has 3 aromatic rings. The first-order chi connectivity index (χ1) is 12.1. The van der Waals surface area contributed by atoms with Crippen LogP contribution >= 0.6 is 0 Å². The molecule has 0 radical (unpaired) electrons. The minimum absolute atomic E-state index is 0.0565. The van der Waals surface area contributed by atoms with Crippen LogP contribution in [0.4, 0.5) is 0 Å². The summed E-state index contributed by atoms with van der Waals surface area (Å²) in [7, 11) is 0. The second kappa shape index (κ2) is 7.49. The van der Waals surface area contributed by atoms with E-state index in [1.807, 2.05) is 41.8 Å². The van der Waals surface area contributed by atoms with Gasteiger partial charge in [-0.05, 0) is 31.2 Å². The summed E-state index contributed by atoms with van der Waals surface area (Å²) in [6.07, 6.45) is 0.0815. The number of nitrogens with zero attached hydrogens (tertiary/aromatic N) is 2.